The number of hydrogen-bond acceptors (Lipinski definition) is 5. The highest BCUT2D eigenvalue weighted by molar-refractivity contribution is 5.88. The average molecular weight is 538 g/mol. The van der Waals surface area contributed by atoms with Gasteiger partial charge in [0.2, 0.25) is 11.8 Å². The number of carbonyl (C=O) groups is 2. The maximum atomic E-state index is 13.5. The number of aliphatic hydroxyl groups excluding tert-OH is 1. The molecule has 0 aliphatic rings. The molecule has 0 saturated carbocycles. The van der Waals surface area contributed by atoms with Crippen molar-refractivity contribution in [3.63, 3.8) is 0 Å². The van der Waals surface area contributed by atoms with Gasteiger partial charge in [-0.3, -0.25) is 9.59 Å². The maximum Gasteiger partial charge on any atom is 0.243 e. The zero-order chi connectivity index (χ0) is 28.6. The number of carbonyl (C=O) groups excluding carboxylic acids is 2. The fourth-order valence-electron chi connectivity index (χ4n) is 4.57. The Bertz CT molecular complexity index is 1040. The first-order valence-electron chi connectivity index (χ1n) is 13.8. The summed E-state index contributed by atoms with van der Waals surface area (Å²) in [6.45, 7) is 8.50. The Morgan fingerprint density at radius 2 is 1.56 bits per heavy atom. The predicted molar refractivity (Wildman–Crippen MR) is 152 cm³/mol. The van der Waals surface area contributed by atoms with Crippen molar-refractivity contribution in [1.82, 2.24) is 10.6 Å². The molecule has 3 N–H and O–H groups in total. The van der Waals surface area contributed by atoms with Crippen molar-refractivity contribution >= 4 is 11.8 Å². The molecule has 0 aromatic heterocycles. The smallest absolute Gasteiger partial charge is 0.243 e. The third-order valence-electron chi connectivity index (χ3n) is 7.09. The van der Waals surface area contributed by atoms with Gasteiger partial charge in [-0.1, -0.05) is 106 Å². The van der Waals surface area contributed by atoms with Gasteiger partial charge < -0.3 is 20.5 Å². The second kappa shape index (κ2) is 17.2. The van der Waals surface area contributed by atoms with Crippen LogP contribution in [0, 0.1) is 17.8 Å². The molecule has 2 rings (SSSR count). The first-order chi connectivity index (χ1) is 18.8. The van der Waals surface area contributed by atoms with Crippen LogP contribution in [0.4, 0.5) is 0 Å². The summed E-state index contributed by atoms with van der Waals surface area (Å²) in [4.78, 5) is 29.6. The summed E-state index contributed by atoms with van der Waals surface area (Å²) in [6.07, 6.45) is 0.441. The summed E-state index contributed by atoms with van der Waals surface area (Å²) in [7, 11) is 0. The van der Waals surface area contributed by atoms with Gasteiger partial charge in [0.05, 0.1) is 25.4 Å². The quantitative estimate of drug-likeness (QED) is 0.146. The van der Waals surface area contributed by atoms with E-state index in [1.54, 1.807) is 0 Å². The van der Waals surface area contributed by atoms with E-state index >= 15 is 0 Å². The maximum absolute atomic E-state index is 13.5. The van der Waals surface area contributed by atoms with Crippen LogP contribution >= 0.6 is 0 Å². The second-order valence-electron chi connectivity index (χ2n) is 10.2. The summed E-state index contributed by atoms with van der Waals surface area (Å²) in [5, 5.41) is 20.6. The van der Waals surface area contributed by atoms with Crippen LogP contribution in [-0.4, -0.2) is 41.7 Å². The minimum Gasteiger partial charge on any atom is -0.393 e. The first-order valence-corrected chi connectivity index (χ1v) is 13.8. The topological polar surface area (TPSA) is 136 Å². The number of nitrogens with zero attached hydrogens (tertiary/aromatic N) is 3. The van der Waals surface area contributed by atoms with Crippen LogP contribution in [0.15, 0.2) is 65.8 Å². The Kier molecular flexibility index (Phi) is 14.1. The standard InChI is InChI=1S/C30H43N5O4/c1-5-24(6-2)28(30(38)32-18-22-13-9-7-10-14-22)33-29(37)25(21(3)4)17-27(36)26(34-35-31)20-39-19-23-15-11-8-12-16-23/h7-16,21,24-28,36H,5-6,17-20H2,1-4H3,(H,32,38)(H,33,37). The molecular formula is C30H43N5O4. The molecule has 0 spiro atoms. The molecule has 39 heavy (non-hydrogen) atoms. The van der Waals surface area contributed by atoms with E-state index in [9.17, 15) is 14.7 Å². The predicted octanol–water partition coefficient (Wildman–Crippen LogP) is 5.14. The summed E-state index contributed by atoms with van der Waals surface area (Å²) in [5.41, 5.74) is 11.0. The highest BCUT2D eigenvalue weighted by atomic mass is 16.5. The Hall–Kier alpha value is -3.39. The van der Waals surface area contributed by atoms with E-state index in [4.69, 9.17) is 10.3 Å². The molecule has 2 aromatic carbocycles. The van der Waals surface area contributed by atoms with Crippen LogP contribution in [0.25, 0.3) is 10.4 Å². The van der Waals surface area contributed by atoms with Crippen molar-refractivity contribution in [1.29, 1.82) is 0 Å². The molecule has 9 nitrogen and oxygen atoms in total. The molecule has 2 aromatic rings. The van der Waals surface area contributed by atoms with Crippen LogP contribution in [0.1, 0.15) is 58.1 Å². The third-order valence-corrected chi connectivity index (χ3v) is 7.09. The molecule has 0 radical (unpaired) electrons. The molecular weight excluding hydrogens is 494 g/mol. The SMILES string of the molecule is CCC(CC)C(NC(=O)C(CC(O)C(COCc1ccccc1)N=[N+]=[N-])C(C)C)C(=O)NCc1ccccc1. The largest absolute Gasteiger partial charge is 0.393 e. The lowest BCUT2D eigenvalue weighted by Crippen LogP contribution is -2.53. The van der Waals surface area contributed by atoms with Gasteiger partial charge in [0.15, 0.2) is 0 Å². The lowest BCUT2D eigenvalue weighted by atomic mass is 9.86. The summed E-state index contributed by atoms with van der Waals surface area (Å²) < 4.78 is 5.70. The molecule has 0 bridgehead atoms. The number of azide groups is 1. The van der Waals surface area contributed by atoms with Crippen molar-refractivity contribution in [3.8, 4) is 0 Å². The van der Waals surface area contributed by atoms with E-state index in [-0.39, 0.29) is 36.7 Å². The zero-order valence-electron chi connectivity index (χ0n) is 23.5. The van der Waals surface area contributed by atoms with Gasteiger partial charge in [0.1, 0.15) is 6.04 Å². The molecule has 4 unspecified atom stereocenters. The molecule has 4 atom stereocenters. The van der Waals surface area contributed by atoms with Crippen LogP contribution in [0.5, 0.6) is 0 Å². The van der Waals surface area contributed by atoms with E-state index in [2.05, 4.69) is 20.7 Å². The van der Waals surface area contributed by atoms with Crippen LogP contribution in [0.2, 0.25) is 0 Å². The van der Waals surface area contributed by atoms with Gasteiger partial charge in [0, 0.05) is 17.4 Å². The Morgan fingerprint density at radius 3 is 2.10 bits per heavy atom. The van der Waals surface area contributed by atoms with E-state index in [1.807, 2.05) is 88.4 Å². The van der Waals surface area contributed by atoms with Gasteiger partial charge in [0.25, 0.3) is 0 Å². The Labute approximate surface area is 232 Å². The number of hydrogen-bond donors (Lipinski definition) is 3. The van der Waals surface area contributed by atoms with E-state index in [0.29, 0.717) is 13.2 Å². The monoisotopic (exact) mass is 537 g/mol. The molecule has 0 fully saturated rings. The first kappa shape index (κ1) is 31.8. The fourth-order valence-corrected chi connectivity index (χ4v) is 4.57. The normalized spacial score (nSPS) is 14.2. The van der Waals surface area contributed by atoms with Gasteiger partial charge in [-0.05, 0) is 34.9 Å². The highest BCUT2D eigenvalue weighted by Crippen LogP contribution is 2.23. The molecule has 0 aliphatic heterocycles. The van der Waals surface area contributed by atoms with Gasteiger partial charge in [-0.25, -0.2) is 0 Å². The van der Waals surface area contributed by atoms with Crippen molar-refractivity contribution < 1.29 is 19.4 Å². The van der Waals surface area contributed by atoms with Crippen LogP contribution < -0.4 is 10.6 Å². The van der Waals surface area contributed by atoms with Gasteiger partial charge in [-0.15, -0.1) is 0 Å². The molecule has 0 aliphatic carbocycles. The van der Waals surface area contributed by atoms with Crippen molar-refractivity contribution in [2.75, 3.05) is 6.61 Å². The number of amides is 2. The molecule has 0 saturated heterocycles. The minimum atomic E-state index is -1.09. The number of nitrogens with one attached hydrogen (secondary N) is 2. The van der Waals surface area contributed by atoms with Gasteiger partial charge >= 0.3 is 0 Å². The zero-order valence-corrected chi connectivity index (χ0v) is 23.5. The minimum absolute atomic E-state index is 0.0187. The number of benzene rings is 2. The lowest BCUT2D eigenvalue weighted by Gasteiger charge is -2.30. The Morgan fingerprint density at radius 1 is 0.974 bits per heavy atom. The van der Waals surface area contributed by atoms with Crippen molar-refractivity contribution in [3.05, 3.63) is 82.2 Å². The lowest BCUT2D eigenvalue weighted by molar-refractivity contribution is -0.134. The van der Waals surface area contributed by atoms with E-state index in [1.165, 1.54) is 0 Å². The molecule has 9 heteroatoms. The summed E-state index contributed by atoms with van der Waals surface area (Å²) >= 11 is 0. The number of aliphatic hydroxyl groups is 1. The van der Waals surface area contributed by atoms with Crippen molar-refractivity contribution in [2.45, 2.75) is 78.3 Å². The van der Waals surface area contributed by atoms with Gasteiger partial charge in [-0.2, -0.15) is 0 Å². The fraction of sp³-hybridized carbons (Fsp3) is 0.533. The van der Waals surface area contributed by atoms with E-state index in [0.717, 1.165) is 24.0 Å². The summed E-state index contributed by atoms with van der Waals surface area (Å²) in [5.74, 6) is -1.29. The van der Waals surface area contributed by atoms with E-state index < -0.39 is 24.1 Å². The summed E-state index contributed by atoms with van der Waals surface area (Å²) in [6, 6.07) is 17.6. The molecule has 212 valence electrons. The van der Waals surface area contributed by atoms with Crippen LogP contribution in [0.3, 0.4) is 0 Å². The second-order valence-corrected chi connectivity index (χ2v) is 10.2. The van der Waals surface area contributed by atoms with Crippen LogP contribution in [-0.2, 0) is 27.5 Å². The Balaban J connectivity index is 2.07. The third kappa shape index (κ3) is 10.7. The molecule has 0 heterocycles. The number of ether oxygens (including phenoxy) is 1. The van der Waals surface area contributed by atoms with Crippen molar-refractivity contribution in [2.24, 2.45) is 22.9 Å². The molecule has 2 amide bonds. The number of rotatable bonds is 17. The highest BCUT2D eigenvalue weighted by Gasteiger charge is 2.33. The average Bonchev–Trinajstić information content (AvgIpc) is 2.95.